The van der Waals surface area contributed by atoms with Gasteiger partial charge in [-0.1, -0.05) is 13.0 Å². The fourth-order valence-electron chi connectivity index (χ4n) is 3.02. The highest BCUT2D eigenvalue weighted by molar-refractivity contribution is 5.79. The summed E-state index contributed by atoms with van der Waals surface area (Å²) in [5.74, 6) is -1.67. The van der Waals surface area contributed by atoms with Crippen molar-refractivity contribution in [2.24, 2.45) is 5.92 Å². The molecule has 1 aromatic carbocycles. The first-order valence-electron chi connectivity index (χ1n) is 8.34. The number of carbonyl (C=O) groups excluding carboxylic acids is 2. The van der Waals surface area contributed by atoms with E-state index >= 15 is 0 Å². The molecule has 1 heterocycles. The molecule has 3 unspecified atom stereocenters. The smallest absolute Gasteiger partial charge is 0.224 e. The molecule has 0 saturated carbocycles. The van der Waals surface area contributed by atoms with Crippen LogP contribution in [0.5, 0.6) is 0 Å². The van der Waals surface area contributed by atoms with Gasteiger partial charge in [0.2, 0.25) is 11.8 Å². The van der Waals surface area contributed by atoms with Crippen LogP contribution in [0, 0.1) is 17.6 Å². The zero-order valence-electron chi connectivity index (χ0n) is 14.7. The zero-order valence-corrected chi connectivity index (χ0v) is 14.7. The number of ether oxygens (including phenoxy) is 1. The quantitative estimate of drug-likeness (QED) is 0.854. The van der Waals surface area contributed by atoms with E-state index in [9.17, 15) is 18.4 Å². The van der Waals surface area contributed by atoms with Gasteiger partial charge in [-0.2, -0.15) is 0 Å². The molecule has 0 radical (unpaired) electrons. The van der Waals surface area contributed by atoms with E-state index in [2.05, 4.69) is 12.2 Å². The molecule has 1 N–H and O–H groups in total. The van der Waals surface area contributed by atoms with E-state index in [0.29, 0.717) is 19.1 Å². The van der Waals surface area contributed by atoms with E-state index in [4.69, 9.17) is 4.74 Å². The third-order valence-electron chi connectivity index (χ3n) is 4.28. The molecule has 1 aliphatic rings. The summed E-state index contributed by atoms with van der Waals surface area (Å²) >= 11 is 0. The van der Waals surface area contributed by atoms with Crippen molar-refractivity contribution >= 4 is 11.8 Å². The number of nitrogens with zero attached hydrogens (tertiary/aromatic N) is 1. The Labute approximate surface area is 146 Å². The Morgan fingerprint density at radius 3 is 2.68 bits per heavy atom. The van der Waals surface area contributed by atoms with E-state index < -0.39 is 23.6 Å². The van der Waals surface area contributed by atoms with Crippen LogP contribution in [0.1, 0.15) is 38.3 Å². The molecule has 1 aliphatic heterocycles. The van der Waals surface area contributed by atoms with E-state index in [1.165, 1.54) is 17.9 Å². The Hall–Kier alpha value is -2.02. The number of amides is 2. The molecule has 25 heavy (non-hydrogen) atoms. The summed E-state index contributed by atoms with van der Waals surface area (Å²) in [6, 6.07) is 2.25. The van der Waals surface area contributed by atoms with Gasteiger partial charge in [0.05, 0.1) is 18.6 Å². The fraction of sp³-hybridized carbons (Fsp3) is 0.556. The van der Waals surface area contributed by atoms with E-state index in [1.54, 1.807) is 7.05 Å². The van der Waals surface area contributed by atoms with Gasteiger partial charge >= 0.3 is 0 Å². The van der Waals surface area contributed by atoms with Crippen molar-refractivity contribution in [1.82, 2.24) is 10.2 Å². The van der Waals surface area contributed by atoms with E-state index in [-0.39, 0.29) is 24.0 Å². The zero-order chi connectivity index (χ0) is 18.6. The normalized spacial score (nSPS) is 21.0. The molecular weight excluding hydrogens is 330 g/mol. The minimum Gasteiger partial charge on any atom is -0.376 e. The highest BCUT2D eigenvalue weighted by atomic mass is 19.1. The topological polar surface area (TPSA) is 58.6 Å². The molecule has 138 valence electrons. The minimum absolute atomic E-state index is 0.00859. The Morgan fingerprint density at radius 1 is 1.40 bits per heavy atom. The number of benzene rings is 1. The molecule has 1 aromatic rings. The van der Waals surface area contributed by atoms with Crippen molar-refractivity contribution in [3.05, 3.63) is 35.4 Å². The molecule has 1 fully saturated rings. The lowest BCUT2D eigenvalue weighted by Gasteiger charge is -2.24. The molecule has 3 atom stereocenters. The van der Waals surface area contributed by atoms with Gasteiger partial charge in [0.25, 0.3) is 0 Å². The van der Waals surface area contributed by atoms with Crippen molar-refractivity contribution < 1.29 is 23.1 Å². The van der Waals surface area contributed by atoms with Gasteiger partial charge in [0, 0.05) is 38.8 Å². The van der Waals surface area contributed by atoms with Gasteiger partial charge in [-0.25, -0.2) is 8.78 Å². The van der Waals surface area contributed by atoms with Gasteiger partial charge in [0.1, 0.15) is 11.6 Å². The Morgan fingerprint density at radius 2 is 2.12 bits per heavy atom. The number of rotatable bonds is 6. The van der Waals surface area contributed by atoms with Gasteiger partial charge in [0.15, 0.2) is 0 Å². The summed E-state index contributed by atoms with van der Waals surface area (Å²) < 4.78 is 32.8. The summed E-state index contributed by atoms with van der Waals surface area (Å²) in [5.41, 5.74) is 0.0871. The molecule has 7 heteroatoms. The summed E-state index contributed by atoms with van der Waals surface area (Å²) in [5, 5.41) is 2.56. The number of carbonyl (C=O) groups is 2. The van der Waals surface area contributed by atoms with Crippen LogP contribution in [-0.4, -0.2) is 43.0 Å². The SMILES string of the molecule is CC(=O)NC(CC(=O)N(C)CC1CC(C)CO1)c1ccc(F)cc1F. The number of hydrogen-bond acceptors (Lipinski definition) is 3. The number of nitrogens with one attached hydrogen (secondary N) is 1. The maximum Gasteiger partial charge on any atom is 0.224 e. The van der Waals surface area contributed by atoms with Crippen molar-refractivity contribution in [2.45, 2.75) is 38.8 Å². The average Bonchev–Trinajstić information content (AvgIpc) is 2.91. The lowest BCUT2D eigenvalue weighted by molar-refractivity contribution is -0.132. The molecule has 1 saturated heterocycles. The first-order chi connectivity index (χ1) is 11.8. The third kappa shape index (κ3) is 5.49. The number of hydrogen-bond donors (Lipinski definition) is 1. The summed E-state index contributed by atoms with van der Waals surface area (Å²) in [7, 11) is 1.65. The molecule has 2 amide bonds. The number of likely N-dealkylation sites (N-methyl/N-ethyl adjacent to an activating group) is 1. The maximum absolute atomic E-state index is 14.0. The molecular formula is C18H24F2N2O3. The van der Waals surface area contributed by atoms with Crippen LogP contribution in [0.15, 0.2) is 18.2 Å². The van der Waals surface area contributed by atoms with Gasteiger partial charge in [-0.3, -0.25) is 9.59 Å². The molecule has 2 rings (SSSR count). The highest BCUT2D eigenvalue weighted by Crippen LogP contribution is 2.23. The summed E-state index contributed by atoms with van der Waals surface area (Å²) in [6.45, 7) is 4.51. The van der Waals surface area contributed by atoms with Crippen LogP contribution >= 0.6 is 0 Å². The second-order valence-corrected chi connectivity index (χ2v) is 6.69. The van der Waals surface area contributed by atoms with Crippen LogP contribution in [0.3, 0.4) is 0 Å². The highest BCUT2D eigenvalue weighted by Gasteiger charge is 2.27. The second kappa shape index (κ2) is 8.38. The van der Waals surface area contributed by atoms with Crippen LogP contribution in [0.2, 0.25) is 0 Å². The third-order valence-corrected chi connectivity index (χ3v) is 4.28. The van der Waals surface area contributed by atoms with Crippen molar-refractivity contribution in [3.8, 4) is 0 Å². The second-order valence-electron chi connectivity index (χ2n) is 6.69. The first kappa shape index (κ1) is 19.3. The Balaban J connectivity index is 2.05. The van der Waals surface area contributed by atoms with Crippen molar-refractivity contribution in [1.29, 1.82) is 0 Å². The summed E-state index contributed by atoms with van der Waals surface area (Å²) in [4.78, 5) is 25.4. The van der Waals surface area contributed by atoms with E-state index in [0.717, 1.165) is 18.6 Å². The molecule has 0 aromatic heterocycles. The van der Waals surface area contributed by atoms with Gasteiger partial charge in [-0.15, -0.1) is 0 Å². The lowest BCUT2D eigenvalue weighted by atomic mass is 10.0. The Bertz CT molecular complexity index is 639. The lowest BCUT2D eigenvalue weighted by Crippen LogP contribution is -2.37. The predicted molar refractivity (Wildman–Crippen MR) is 88.7 cm³/mol. The maximum atomic E-state index is 14.0. The van der Waals surface area contributed by atoms with Crippen molar-refractivity contribution in [2.75, 3.05) is 20.2 Å². The van der Waals surface area contributed by atoms with Crippen LogP contribution in [0.25, 0.3) is 0 Å². The van der Waals surface area contributed by atoms with E-state index in [1.807, 2.05) is 0 Å². The number of halogens is 2. The molecule has 0 aliphatic carbocycles. The van der Waals surface area contributed by atoms with Crippen LogP contribution < -0.4 is 5.32 Å². The van der Waals surface area contributed by atoms with Crippen molar-refractivity contribution in [3.63, 3.8) is 0 Å². The first-order valence-corrected chi connectivity index (χ1v) is 8.34. The standard InChI is InChI=1S/C18H24F2N2O3/c1-11-6-14(25-10-11)9-22(3)18(24)8-17(21-12(2)23)15-5-4-13(19)7-16(15)20/h4-5,7,11,14,17H,6,8-10H2,1-3H3,(H,21,23). The molecule has 0 bridgehead atoms. The average molecular weight is 354 g/mol. The minimum atomic E-state index is -0.850. The molecule has 0 spiro atoms. The van der Waals surface area contributed by atoms with Crippen LogP contribution in [-0.2, 0) is 14.3 Å². The van der Waals surface area contributed by atoms with Gasteiger partial charge in [-0.05, 0) is 18.4 Å². The largest absolute Gasteiger partial charge is 0.376 e. The van der Waals surface area contributed by atoms with Gasteiger partial charge < -0.3 is 15.0 Å². The van der Waals surface area contributed by atoms with Crippen LogP contribution in [0.4, 0.5) is 8.78 Å². The summed E-state index contributed by atoms with van der Waals surface area (Å²) in [6.07, 6.45) is 0.769. The monoisotopic (exact) mass is 354 g/mol. The molecule has 5 nitrogen and oxygen atoms in total. The fourth-order valence-corrected chi connectivity index (χ4v) is 3.02. The predicted octanol–water partition coefficient (Wildman–Crippen LogP) is 2.42. The Kier molecular flexibility index (Phi) is 6.47.